The van der Waals surface area contributed by atoms with Gasteiger partial charge in [0, 0.05) is 7.05 Å². The number of aryl methyl sites for hydroxylation is 1. The summed E-state index contributed by atoms with van der Waals surface area (Å²) in [7, 11) is 2.44. The van der Waals surface area contributed by atoms with E-state index in [1.165, 1.54) is 11.6 Å². The molecule has 0 amide bonds. The van der Waals surface area contributed by atoms with Gasteiger partial charge in [0.15, 0.2) is 17.3 Å². The molecule has 3 N–H and O–H groups in total. The maximum absolute atomic E-state index is 12.1. The minimum atomic E-state index is -1.91. The van der Waals surface area contributed by atoms with Gasteiger partial charge in [0.25, 0.3) is 5.56 Å². The van der Waals surface area contributed by atoms with E-state index in [0.29, 0.717) is 0 Å². The highest BCUT2D eigenvalue weighted by molar-refractivity contribution is 5.76. The molecule has 0 aliphatic carbocycles. The van der Waals surface area contributed by atoms with Gasteiger partial charge in [-0.15, -0.1) is 5.92 Å². The van der Waals surface area contributed by atoms with Crippen molar-refractivity contribution in [2.24, 2.45) is 7.05 Å². The minimum absolute atomic E-state index is 0.00670. The smallest absolute Gasteiger partial charge is 0.337 e. The van der Waals surface area contributed by atoms with Gasteiger partial charge in [-0.25, -0.2) is 14.6 Å². The summed E-state index contributed by atoms with van der Waals surface area (Å²) in [6.45, 7) is 1.55. The van der Waals surface area contributed by atoms with Crippen molar-refractivity contribution in [3.8, 4) is 11.8 Å². The lowest BCUT2D eigenvalue weighted by Crippen LogP contribution is -2.31. The number of rotatable bonds is 4. The molecule has 0 saturated heterocycles. The van der Waals surface area contributed by atoms with E-state index >= 15 is 0 Å². The lowest BCUT2D eigenvalue weighted by molar-refractivity contribution is -0.157. The van der Waals surface area contributed by atoms with E-state index in [9.17, 15) is 24.6 Å². The number of carbonyl (C=O) groups excluding carboxylic acids is 1. The standard InChI is InChI=1S/C14H16N4O6/c1-4-5-6-18-7-10(17(2)14(23)16-12(7)21)15-11(18)8(19)9(20)13(22)24-3/h8-9,19-20H,6H2,1-3H3,(H,16,21,23). The van der Waals surface area contributed by atoms with Gasteiger partial charge >= 0.3 is 11.7 Å². The third-order valence-corrected chi connectivity index (χ3v) is 3.46. The van der Waals surface area contributed by atoms with Crippen LogP contribution in [0.25, 0.3) is 11.2 Å². The summed E-state index contributed by atoms with van der Waals surface area (Å²) in [5.41, 5.74) is -1.42. The van der Waals surface area contributed by atoms with Crippen molar-refractivity contribution in [1.29, 1.82) is 0 Å². The van der Waals surface area contributed by atoms with E-state index < -0.39 is 29.4 Å². The molecule has 2 unspecified atom stereocenters. The van der Waals surface area contributed by atoms with E-state index in [1.807, 2.05) is 0 Å². The van der Waals surface area contributed by atoms with Gasteiger partial charge in [0.2, 0.25) is 0 Å². The predicted molar refractivity (Wildman–Crippen MR) is 82.0 cm³/mol. The third kappa shape index (κ3) is 2.82. The number of hydrogen-bond donors (Lipinski definition) is 3. The zero-order valence-corrected chi connectivity index (χ0v) is 13.2. The zero-order valence-electron chi connectivity index (χ0n) is 13.2. The highest BCUT2D eigenvalue weighted by Crippen LogP contribution is 2.21. The first-order chi connectivity index (χ1) is 11.3. The molecular formula is C14H16N4O6. The Morgan fingerprint density at radius 1 is 1.42 bits per heavy atom. The number of hydrogen-bond acceptors (Lipinski definition) is 7. The Bertz CT molecular complexity index is 958. The van der Waals surface area contributed by atoms with Gasteiger partial charge in [-0.1, -0.05) is 5.92 Å². The summed E-state index contributed by atoms with van der Waals surface area (Å²) in [5, 5.41) is 20.1. The van der Waals surface area contributed by atoms with Crippen molar-refractivity contribution < 1.29 is 19.7 Å². The topological polar surface area (TPSA) is 139 Å². The average Bonchev–Trinajstić information content (AvgIpc) is 2.95. The predicted octanol–water partition coefficient (Wildman–Crippen LogP) is -1.99. The maximum Gasteiger partial charge on any atom is 0.337 e. The van der Waals surface area contributed by atoms with E-state index in [2.05, 4.69) is 26.5 Å². The molecular weight excluding hydrogens is 320 g/mol. The van der Waals surface area contributed by atoms with Crippen LogP contribution in [0.3, 0.4) is 0 Å². The van der Waals surface area contributed by atoms with Crippen LogP contribution in [0.15, 0.2) is 9.59 Å². The van der Waals surface area contributed by atoms with Crippen LogP contribution >= 0.6 is 0 Å². The Balaban J connectivity index is 2.77. The van der Waals surface area contributed by atoms with Crippen LogP contribution in [-0.4, -0.2) is 48.5 Å². The fourth-order valence-corrected chi connectivity index (χ4v) is 2.19. The molecule has 24 heavy (non-hydrogen) atoms. The zero-order chi connectivity index (χ0) is 18.0. The van der Waals surface area contributed by atoms with Gasteiger partial charge in [0.1, 0.15) is 11.9 Å². The van der Waals surface area contributed by atoms with Crippen LogP contribution in [0, 0.1) is 11.8 Å². The van der Waals surface area contributed by atoms with Crippen molar-refractivity contribution in [2.45, 2.75) is 25.7 Å². The van der Waals surface area contributed by atoms with E-state index in [-0.39, 0.29) is 23.5 Å². The number of nitrogens with one attached hydrogen (secondary N) is 1. The van der Waals surface area contributed by atoms with Crippen LogP contribution in [0.4, 0.5) is 0 Å². The lowest BCUT2D eigenvalue weighted by atomic mass is 10.2. The highest BCUT2D eigenvalue weighted by Gasteiger charge is 2.32. The maximum atomic E-state index is 12.1. The number of aliphatic hydroxyl groups excluding tert-OH is 2. The summed E-state index contributed by atoms with van der Waals surface area (Å²) < 4.78 is 6.69. The molecule has 0 spiro atoms. The van der Waals surface area contributed by atoms with Gasteiger partial charge in [-0.3, -0.25) is 14.3 Å². The Kier molecular flexibility index (Phi) is 4.87. The van der Waals surface area contributed by atoms with Gasteiger partial charge in [-0.05, 0) is 6.92 Å². The van der Waals surface area contributed by atoms with Crippen LogP contribution in [0.1, 0.15) is 18.9 Å². The Morgan fingerprint density at radius 2 is 2.08 bits per heavy atom. The second kappa shape index (κ2) is 6.69. The third-order valence-electron chi connectivity index (χ3n) is 3.46. The quantitative estimate of drug-likeness (QED) is 0.434. The number of H-pyrrole nitrogens is 1. The number of carbonyl (C=O) groups is 1. The summed E-state index contributed by atoms with van der Waals surface area (Å²) >= 11 is 0. The Hall–Kier alpha value is -2.90. The molecule has 0 aliphatic heterocycles. The molecule has 128 valence electrons. The van der Waals surface area contributed by atoms with Crippen LogP contribution in [-0.2, 0) is 23.1 Å². The fourth-order valence-electron chi connectivity index (χ4n) is 2.19. The van der Waals surface area contributed by atoms with E-state index in [0.717, 1.165) is 11.7 Å². The van der Waals surface area contributed by atoms with Crippen molar-refractivity contribution in [3.05, 3.63) is 26.7 Å². The first-order valence-electron chi connectivity index (χ1n) is 6.86. The number of nitrogens with zero attached hydrogens (tertiary/aromatic N) is 3. The molecule has 2 aromatic rings. The minimum Gasteiger partial charge on any atom is -0.467 e. The normalized spacial score (nSPS) is 13.2. The molecule has 2 rings (SSSR count). The molecule has 2 aromatic heterocycles. The SMILES string of the molecule is CC#CCn1c(C(O)C(O)C(=O)OC)nc2c1c(=O)[nH]c(=O)n2C. The number of aliphatic hydroxyl groups is 2. The fraction of sp³-hybridized carbons (Fsp3) is 0.429. The second-order valence-electron chi connectivity index (χ2n) is 4.89. The monoisotopic (exact) mass is 336 g/mol. The van der Waals surface area contributed by atoms with E-state index in [4.69, 9.17) is 0 Å². The average molecular weight is 336 g/mol. The molecule has 0 aromatic carbocycles. The van der Waals surface area contributed by atoms with Crippen LogP contribution in [0.2, 0.25) is 0 Å². The molecule has 0 saturated carbocycles. The summed E-state index contributed by atoms with van der Waals surface area (Å²) in [6, 6.07) is 0. The van der Waals surface area contributed by atoms with Crippen LogP contribution in [0.5, 0.6) is 0 Å². The molecule has 0 fully saturated rings. The second-order valence-corrected chi connectivity index (χ2v) is 4.89. The largest absolute Gasteiger partial charge is 0.467 e. The van der Waals surface area contributed by atoms with Gasteiger partial charge in [-0.2, -0.15) is 0 Å². The molecule has 10 nitrogen and oxygen atoms in total. The molecule has 0 aliphatic rings. The lowest BCUT2D eigenvalue weighted by Gasteiger charge is -2.16. The van der Waals surface area contributed by atoms with Gasteiger partial charge in [0.05, 0.1) is 13.7 Å². The highest BCUT2D eigenvalue weighted by atomic mass is 16.5. The molecule has 0 radical (unpaired) electrons. The molecule has 2 atom stereocenters. The number of aromatic nitrogens is 4. The Labute approximate surface area is 135 Å². The number of esters is 1. The first-order valence-corrected chi connectivity index (χ1v) is 6.86. The molecule has 0 bridgehead atoms. The van der Waals surface area contributed by atoms with Crippen molar-refractivity contribution >= 4 is 17.1 Å². The van der Waals surface area contributed by atoms with Crippen molar-refractivity contribution in [3.63, 3.8) is 0 Å². The number of imidazole rings is 1. The molecule has 10 heteroatoms. The van der Waals surface area contributed by atoms with Crippen molar-refractivity contribution in [2.75, 3.05) is 7.11 Å². The molecule has 2 heterocycles. The summed E-state index contributed by atoms with van der Waals surface area (Å²) in [6.07, 6.45) is -3.67. The van der Waals surface area contributed by atoms with E-state index in [1.54, 1.807) is 6.92 Å². The Morgan fingerprint density at radius 3 is 2.67 bits per heavy atom. The van der Waals surface area contributed by atoms with Crippen molar-refractivity contribution in [1.82, 2.24) is 19.1 Å². The van der Waals surface area contributed by atoms with Crippen LogP contribution < -0.4 is 11.2 Å². The van der Waals surface area contributed by atoms with Gasteiger partial charge < -0.3 is 19.5 Å². The number of aromatic amines is 1. The number of ether oxygens (including phenoxy) is 1. The summed E-state index contributed by atoms with van der Waals surface area (Å²) in [4.78, 5) is 41.4. The number of methoxy groups -OCH3 is 1. The number of fused-ring (bicyclic) bond motifs is 1. The summed E-state index contributed by atoms with van der Waals surface area (Å²) in [5.74, 6) is 4.09. The first kappa shape index (κ1) is 17.5.